The lowest BCUT2D eigenvalue weighted by Gasteiger charge is -2.66. The monoisotopic (exact) mass is 601 g/mol. The van der Waals surface area contributed by atoms with Crippen molar-refractivity contribution in [2.45, 2.75) is 102 Å². The molecule has 2 saturated carbocycles. The van der Waals surface area contributed by atoms with Crippen LogP contribution in [0, 0.1) is 22.7 Å². The zero-order valence-corrected chi connectivity index (χ0v) is 25.4. The first-order valence-corrected chi connectivity index (χ1v) is 14.8. The number of ketones is 1. The van der Waals surface area contributed by atoms with Crippen molar-refractivity contribution >= 4 is 17.7 Å². The van der Waals surface area contributed by atoms with Gasteiger partial charge in [0.2, 0.25) is 5.91 Å². The number of carbonyl (C=O) groups is 3. The molecule has 0 aromatic heterocycles. The molecule has 0 radical (unpaired) electrons. The Morgan fingerprint density at radius 1 is 1.12 bits per heavy atom. The molecule has 0 spiro atoms. The number of benzene rings is 1. The molecule has 1 aromatic rings. The number of carbonyl (C=O) groups excluding carboxylic acids is 3. The summed E-state index contributed by atoms with van der Waals surface area (Å²) in [6.45, 7) is 9.37. The summed E-state index contributed by atoms with van der Waals surface area (Å²) in [5.74, 6) is -4.12. The Morgan fingerprint density at radius 3 is 2.30 bits per heavy atom. The van der Waals surface area contributed by atoms with Crippen LogP contribution >= 0.6 is 0 Å². The normalized spacial score (nSPS) is 41.4. The van der Waals surface area contributed by atoms with E-state index in [-0.39, 0.29) is 19.4 Å². The molecule has 8 unspecified atom stereocenters. The van der Waals surface area contributed by atoms with Crippen LogP contribution in [0.25, 0.3) is 0 Å². The van der Waals surface area contributed by atoms with Crippen molar-refractivity contribution in [3.63, 3.8) is 0 Å². The van der Waals surface area contributed by atoms with Gasteiger partial charge in [0, 0.05) is 37.0 Å². The van der Waals surface area contributed by atoms with Crippen molar-refractivity contribution in [1.82, 2.24) is 5.32 Å². The fourth-order valence-corrected chi connectivity index (χ4v) is 8.56. The van der Waals surface area contributed by atoms with Gasteiger partial charge in [0.05, 0.1) is 36.4 Å². The number of hydrogen-bond acceptors (Lipinski definition) is 10. The van der Waals surface area contributed by atoms with E-state index in [2.05, 4.69) is 5.32 Å². The first kappa shape index (κ1) is 31.7. The van der Waals surface area contributed by atoms with Crippen LogP contribution in [0.2, 0.25) is 0 Å². The Balaban J connectivity index is 1.57. The quantitative estimate of drug-likeness (QED) is 0.208. The highest BCUT2D eigenvalue weighted by Gasteiger charge is 2.74. The number of hydrogen-bond donors (Lipinski definition) is 6. The highest BCUT2D eigenvalue weighted by Crippen LogP contribution is 2.63. The summed E-state index contributed by atoms with van der Waals surface area (Å²) in [7, 11) is 0. The molecule has 236 valence electrons. The van der Waals surface area contributed by atoms with E-state index < -0.39 is 88.1 Å². The minimum Gasteiger partial charge on any atom is -0.456 e. The molecule has 1 amide bonds. The van der Waals surface area contributed by atoms with Crippen LogP contribution < -0.4 is 5.32 Å². The van der Waals surface area contributed by atoms with Crippen molar-refractivity contribution in [2.24, 2.45) is 22.7 Å². The minimum atomic E-state index is -2.04. The third-order valence-electron chi connectivity index (χ3n) is 11.0. The molecule has 11 nitrogen and oxygen atoms in total. The highest BCUT2D eigenvalue weighted by molar-refractivity contribution is 5.91. The average molecular weight is 602 g/mol. The zero-order chi connectivity index (χ0) is 31.9. The molecule has 1 saturated heterocycles. The number of aliphatic hydroxyl groups is 5. The number of rotatable bonds is 5. The van der Waals surface area contributed by atoms with E-state index in [1.165, 1.54) is 13.8 Å². The second-order valence-electron chi connectivity index (χ2n) is 13.6. The van der Waals surface area contributed by atoms with Crippen LogP contribution in [0.1, 0.15) is 66.0 Å². The molecule has 3 fully saturated rings. The molecule has 43 heavy (non-hydrogen) atoms. The van der Waals surface area contributed by atoms with E-state index in [0.29, 0.717) is 16.7 Å². The number of nitrogens with one attached hydrogen (secondary N) is 1. The van der Waals surface area contributed by atoms with Gasteiger partial charge < -0.3 is 40.3 Å². The van der Waals surface area contributed by atoms with E-state index in [9.17, 15) is 39.9 Å². The number of ether oxygens (including phenoxy) is 2. The summed E-state index contributed by atoms with van der Waals surface area (Å²) < 4.78 is 11.4. The van der Waals surface area contributed by atoms with E-state index in [1.807, 2.05) is 0 Å². The van der Waals surface area contributed by atoms with Gasteiger partial charge in [0.25, 0.3) is 0 Å². The summed E-state index contributed by atoms with van der Waals surface area (Å²) in [5.41, 5.74) is -5.14. The zero-order valence-electron chi connectivity index (χ0n) is 25.4. The van der Waals surface area contributed by atoms with E-state index in [1.54, 1.807) is 58.0 Å². The molecular formula is C32H43NO10. The Kier molecular flexibility index (Phi) is 7.72. The van der Waals surface area contributed by atoms with Crippen molar-refractivity contribution in [3.05, 3.63) is 47.0 Å². The molecule has 11 heteroatoms. The number of fused-ring (bicyclic) bond motifs is 5. The third-order valence-corrected chi connectivity index (χ3v) is 11.0. The van der Waals surface area contributed by atoms with Crippen molar-refractivity contribution < 1.29 is 49.4 Å². The van der Waals surface area contributed by atoms with Crippen molar-refractivity contribution in [3.8, 4) is 0 Å². The summed E-state index contributed by atoms with van der Waals surface area (Å²) in [5, 5.41) is 61.2. The van der Waals surface area contributed by atoms with Crippen molar-refractivity contribution in [2.75, 3.05) is 6.61 Å². The molecule has 1 aliphatic heterocycles. The highest BCUT2D eigenvalue weighted by atomic mass is 16.6. The third kappa shape index (κ3) is 4.42. The van der Waals surface area contributed by atoms with Crippen LogP contribution in [0.15, 0.2) is 41.5 Å². The second-order valence-corrected chi connectivity index (χ2v) is 13.6. The van der Waals surface area contributed by atoms with E-state index in [0.717, 1.165) is 0 Å². The number of esters is 1. The fraction of sp³-hybridized carbons (Fsp3) is 0.656. The largest absolute Gasteiger partial charge is 0.456 e. The fourth-order valence-electron chi connectivity index (χ4n) is 8.56. The molecule has 5 rings (SSSR count). The van der Waals surface area contributed by atoms with Crippen LogP contribution in [0.5, 0.6) is 0 Å². The number of amides is 1. The summed E-state index contributed by atoms with van der Waals surface area (Å²) in [6, 6.07) is 7.33. The maximum atomic E-state index is 14.3. The van der Waals surface area contributed by atoms with E-state index >= 15 is 0 Å². The molecule has 1 aromatic carbocycles. The molecule has 11 atom stereocenters. The first-order chi connectivity index (χ1) is 19.9. The number of aliphatic hydroxyl groups excluding tert-OH is 3. The van der Waals surface area contributed by atoms with Gasteiger partial charge in [0.15, 0.2) is 6.10 Å². The molecule has 2 bridgehead atoms. The van der Waals surface area contributed by atoms with Crippen LogP contribution in [0.4, 0.5) is 0 Å². The molecular weight excluding hydrogens is 558 g/mol. The Morgan fingerprint density at radius 2 is 1.74 bits per heavy atom. The van der Waals surface area contributed by atoms with Gasteiger partial charge in [-0.25, -0.2) is 4.79 Å². The molecule has 6 N–H and O–H groups in total. The standard InChI is InChI=1S/C32H43NO10/c1-15-19(43-28(39)24(36)23(33-17(3)34)18-10-8-7-9-11-18)13-32(41)27(38)25-30(6,20(35)12-21-31(25,40)14-42-21)26(37)16(2)22(15)29(32,4)5/h7-11,16,19-21,23-25,27,35-36,38,40-41H,12-14H2,1-6H3,(H,33,34)/t16-,19?,20?,21?,23?,24?,25?,27?,30-,31+,32?/m1/s1. The lowest BCUT2D eigenvalue weighted by Crippen LogP contribution is -2.80. The average Bonchev–Trinajstić information content (AvgIpc) is 2.94. The van der Waals surface area contributed by atoms with Crippen LogP contribution in [-0.2, 0) is 23.9 Å². The maximum Gasteiger partial charge on any atom is 0.338 e. The Bertz CT molecular complexity index is 1340. The van der Waals surface area contributed by atoms with Gasteiger partial charge >= 0.3 is 5.97 Å². The maximum absolute atomic E-state index is 14.3. The van der Waals surface area contributed by atoms with Crippen LogP contribution in [-0.4, -0.2) is 91.5 Å². The van der Waals surface area contributed by atoms with Gasteiger partial charge in [-0.15, -0.1) is 0 Å². The summed E-state index contributed by atoms with van der Waals surface area (Å²) in [4.78, 5) is 39.7. The summed E-state index contributed by atoms with van der Waals surface area (Å²) in [6.07, 6.45) is -7.08. The van der Waals surface area contributed by atoms with Gasteiger partial charge in [-0.2, -0.15) is 0 Å². The predicted octanol–water partition coefficient (Wildman–Crippen LogP) is 0.711. The Labute approximate surface area is 250 Å². The topological polar surface area (TPSA) is 183 Å². The molecule has 1 heterocycles. The SMILES string of the molecule is CC(=O)NC(c1ccccc1)C(O)C(=O)OC1CC2(O)C(O)C3[C@]4(O)COC4CC(O)[C@@]3(C)C(=O)[C@H](C)C(=C1C)C2(C)C. The lowest BCUT2D eigenvalue weighted by atomic mass is 9.44. The van der Waals surface area contributed by atoms with Gasteiger partial charge in [-0.05, 0) is 30.6 Å². The lowest BCUT2D eigenvalue weighted by molar-refractivity contribution is -0.344. The van der Waals surface area contributed by atoms with Crippen molar-refractivity contribution in [1.29, 1.82) is 0 Å². The van der Waals surface area contributed by atoms with Crippen LogP contribution in [0.3, 0.4) is 0 Å². The van der Waals surface area contributed by atoms with E-state index in [4.69, 9.17) is 9.47 Å². The number of Topliss-reactive ketones (excluding diaryl/α,β-unsaturated/α-hetero) is 1. The first-order valence-electron chi connectivity index (χ1n) is 14.8. The molecule has 3 aliphatic carbocycles. The smallest absolute Gasteiger partial charge is 0.338 e. The Hall–Kier alpha value is -2.67. The van der Waals surface area contributed by atoms with Gasteiger partial charge in [-0.3, -0.25) is 9.59 Å². The summed E-state index contributed by atoms with van der Waals surface area (Å²) >= 11 is 0. The predicted molar refractivity (Wildman–Crippen MR) is 152 cm³/mol. The minimum absolute atomic E-state index is 0.00351. The molecule has 4 aliphatic rings. The second kappa shape index (κ2) is 10.5. The van der Waals surface area contributed by atoms with Gasteiger partial charge in [-0.1, -0.05) is 51.1 Å². The van der Waals surface area contributed by atoms with Gasteiger partial charge in [0.1, 0.15) is 23.1 Å².